The molecule has 2 heterocycles. The molecule has 3 aliphatic rings. The Morgan fingerprint density at radius 2 is 1.75 bits per heavy atom. The maximum atomic E-state index is 13.7. The first kappa shape index (κ1) is 25.1. The molecule has 0 radical (unpaired) electrons. The fraction of sp³-hybridized carbons (Fsp3) is 0.655. The minimum Gasteiger partial charge on any atom is -0.373 e. The van der Waals surface area contributed by atoms with Gasteiger partial charge in [-0.2, -0.15) is 0 Å². The van der Waals surface area contributed by atoms with Crippen molar-refractivity contribution < 1.29 is 14.3 Å². The van der Waals surface area contributed by atoms with Gasteiger partial charge < -0.3 is 14.2 Å². The van der Waals surface area contributed by atoms with E-state index in [0.29, 0.717) is 31.5 Å². The van der Waals surface area contributed by atoms with Crippen molar-refractivity contribution in [1.29, 1.82) is 0 Å². The summed E-state index contributed by atoms with van der Waals surface area (Å²) in [7, 11) is 0. The number of amides is 1. The minimum absolute atomic E-state index is 0.0145. The quantitative estimate of drug-likeness (QED) is 0.562. The van der Waals surface area contributed by atoms with E-state index in [9.17, 15) is 9.59 Å². The number of nitrogens with zero attached hydrogens (tertiary/aromatic N) is 4. The molecule has 2 saturated carbocycles. The summed E-state index contributed by atoms with van der Waals surface area (Å²) < 4.78 is 8.50. The molecule has 1 aromatic heterocycles. The second kappa shape index (κ2) is 9.40. The second-order valence-corrected chi connectivity index (χ2v) is 12.2. The molecule has 1 aromatic carbocycles. The van der Waals surface area contributed by atoms with Crippen LogP contribution in [0.1, 0.15) is 99.6 Å². The van der Waals surface area contributed by atoms with Gasteiger partial charge in [-0.3, -0.25) is 9.59 Å². The molecule has 2 aromatic rings. The van der Waals surface area contributed by atoms with Crippen LogP contribution in [0.15, 0.2) is 18.2 Å². The monoisotopic (exact) mass is 492 g/mol. The number of rotatable bonds is 7. The molecule has 1 aliphatic heterocycles. The average Bonchev–Trinajstić information content (AvgIpc) is 3.34. The number of carbonyl (C=O) groups is 2. The van der Waals surface area contributed by atoms with E-state index >= 15 is 0 Å². The zero-order valence-corrected chi connectivity index (χ0v) is 22.6. The van der Waals surface area contributed by atoms with Crippen LogP contribution in [0, 0.1) is 19.8 Å². The van der Waals surface area contributed by atoms with E-state index in [4.69, 9.17) is 9.84 Å². The molecule has 194 valence electrons. The van der Waals surface area contributed by atoms with E-state index in [1.807, 2.05) is 4.90 Å². The number of benzene rings is 1. The second-order valence-electron chi connectivity index (χ2n) is 12.2. The fourth-order valence-electron chi connectivity index (χ4n) is 5.94. The van der Waals surface area contributed by atoms with Crippen molar-refractivity contribution in [3.63, 3.8) is 0 Å². The van der Waals surface area contributed by atoms with E-state index in [2.05, 4.69) is 62.5 Å². The normalized spacial score (nSPS) is 26.2. The van der Waals surface area contributed by atoms with Gasteiger partial charge in [-0.05, 0) is 71.4 Å². The Balaban J connectivity index is 1.39. The van der Waals surface area contributed by atoms with E-state index in [-0.39, 0.29) is 35.2 Å². The van der Waals surface area contributed by atoms with E-state index in [1.54, 1.807) is 6.92 Å². The van der Waals surface area contributed by atoms with Crippen LogP contribution >= 0.6 is 0 Å². The van der Waals surface area contributed by atoms with Gasteiger partial charge >= 0.3 is 0 Å². The minimum atomic E-state index is -0.262. The fourth-order valence-corrected chi connectivity index (χ4v) is 5.94. The molecule has 0 unspecified atom stereocenters. The maximum Gasteiger partial charge on any atom is 0.219 e. The van der Waals surface area contributed by atoms with Crippen molar-refractivity contribution in [2.24, 2.45) is 5.92 Å². The summed E-state index contributed by atoms with van der Waals surface area (Å²) in [6, 6.07) is 6.66. The first-order valence-electron chi connectivity index (χ1n) is 13.5. The molecule has 7 heteroatoms. The van der Waals surface area contributed by atoms with Crippen LogP contribution in [0.25, 0.3) is 0 Å². The summed E-state index contributed by atoms with van der Waals surface area (Å²) in [4.78, 5) is 27.8. The van der Waals surface area contributed by atoms with Crippen molar-refractivity contribution in [3.05, 3.63) is 46.5 Å². The molecule has 36 heavy (non-hydrogen) atoms. The van der Waals surface area contributed by atoms with Crippen LogP contribution in [-0.4, -0.2) is 56.1 Å². The molecule has 0 spiro atoms. The zero-order chi connectivity index (χ0) is 25.8. The molecule has 0 N–H and O–H groups in total. The molecular weight excluding hydrogens is 452 g/mol. The van der Waals surface area contributed by atoms with Crippen LogP contribution in [0.2, 0.25) is 0 Å². The van der Waals surface area contributed by atoms with Gasteiger partial charge in [-0.15, -0.1) is 10.2 Å². The summed E-state index contributed by atoms with van der Waals surface area (Å²) in [5, 5.41) is 9.40. The number of hydrogen-bond acceptors (Lipinski definition) is 5. The molecular formula is C29H40N4O3. The molecule has 2 atom stereocenters. The van der Waals surface area contributed by atoms with Gasteiger partial charge in [0.15, 0.2) is 0 Å². The lowest BCUT2D eigenvalue weighted by molar-refractivity contribution is -0.128. The Bertz CT molecular complexity index is 1150. The van der Waals surface area contributed by atoms with Crippen molar-refractivity contribution in [2.45, 2.75) is 103 Å². The van der Waals surface area contributed by atoms with Crippen molar-refractivity contribution >= 4 is 11.7 Å². The van der Waals surface area contributed by atoms with Crippen LogP contribution < -0.4 is 0 Å². The average molecular weight is 493 g/mol. The predicted molar refractivity (Wildman–Crippen MR) is 138 cm³/mol. The standard InChI is InChI=1S/C29H40N4O3/c1-17-7-8-20(18(2)11-17)14-26(35)24-15-32(19(3)34)16-25(24)28-31-30-27(33(28)22-9-10-22)21-12-23(13-21)36-29(4,5)6/h7-8,11,21-25H,9-10,12-16H2,1-6H3/t21?,23?,24-,25-/m0/s1. The number of Topliss-reactive ketones (excluding diaryl/α,β-unsaturated/α-hetero) is 1. The van der Waals surface area contributed by atoms with Crippen LogP contribution in [-0.2, 0) is 20.7 Å². The summed E-state index contributed by atoms with van der Waals surface area (Å²) in [5.41, 5.74) is 3.26. The first-order valence-corrected chi connectivity index (χ1v) is 13.5. The Labute approximate surface area is 214 Å². The zero-order valence-electron chi connectivity index (χ0n) is 22.6. The van der Waals surface area contributed by atoms with Gasteiger partial charge in [-0.1, -0.05) is 23.8 Å². The Hall–Kier alpha value is -2.54. The largest absolute Gasteiger partial charge is 0.373 e. The van der Waals surface area contributed by atoms with E-state index in [1.165, 1.54) is 5.56 Å². The number of carbonyl (C=O) groups excluding carboxylic acids is 2. The summed E-state index contributed by atoms with van der Waals surface area (Å²) in [6.45, 7) is 13.0. The third-order valence-corrected chi connectivity index (χ3v) is 8.01. The number of ketones is 1. The Kier molecular flexibility index (Phi) is 6.56. The van der Waals surface area contributed by atoms with Crippen molar-refractivity contribution in [2.75, 3.05) is 13.1 Å². The van der Waals surface area contributed by atoms with E-state index < -0.39 is 0 Å². The van der Waals surface area contributed by atoms with Gasteiger partial charge in [0.25, 0.3) is 0 Å². The first-order chi connectivity index (χ1) is 17.0. The lowest BCUT2D eigenvalue weighted by Crippen LogP contribution is -2.37. The molecule has 1 saturated heterocycles. The number of ether oxygens (including phenoxy) is 1. The maximum absolute atomic E-state index is 13.7. The third-order valence-electron chi connectivity index (χ3n) is 8.01. The van der Waals surface area contributed by atoms with Gasteiger partial charge in [0.2, 0.25) is 5.91 Å². The van der Waals surface area contributed by atoms with Crippen molar-refractivity contribution in [3.8, 4) is 0 Å². The number of hydrogen-bond donors (Lipinski definition) is 0. The molecule has 7 nitrogen and oxygen atoms in total. The molecule has 2 aliphatic carbocycles. The molecule has 1 amide bonds. The van der Waals surface area contributed by atoms with Crippen LogP contribution in [0.4, 0.5) is 0 Å². The molecule has 0 bridgehead atoms. The lowest BCUT2D eigenvalue weighted by Gasteiger charge is -2.39. The highest BCUT2D eigenvalue weighted by Gasteiger charge is 2.46. The van der Waals surface area contributed by atoms with Gasteiger partial charge in [0, 0.05) is 50.2 Å². The SMILES string of the molecule is CC(=O)N1C[C@H](C(=O)Cc2ccc(C)cc2C)[C@@H](c2nnc(C3CC(OC(C)(C)C)C3)n2C2CC2)C1. The molecule has 5 rings (SSSR count). The highest BCUT2D eigenvalue weighted by atomic mass is 16.5. The highest BCUT2D eigenvalue weighted by Crippen LogP contribution is 2.46. The summed E-state index contributed by atoms with van der Waals surface area (Å²) in [5.74, 6) is 2.11. The number of likely N-dealkylation sites (tertiary alicyclic amines) is 1. The van der Waals surface area contributed by atoms with Gasteiger partial charge in [-0.25, -0.2) is 0 Å². The Morgan fingerprint density at radius 1 is 1.06 bits per heavy atom. The molecule has 3 fully saturated rings. The number of aromatic nitrogens is 3. The Morgan fingerprint density at radius 3 is 2.36 bits per heavy atom. The van der Waals surface area contributed by atoms with Crippen LogP contribution in [0.5, 0.6) is 0 Å². The lowest BCUT2D eigenvalue weighted by atomic mass is 9.81. The predicted octanol–water partition coefficient (Wildman–Crippen LogP) is 4.66. The summed E-state index contributed by atoms with van der Waals surface area (Å²) >= 11 is 0. The summed E-state index contributed by atoms with van der Waals surface area (Å²) in [6.07, 6.45) is 4.81. The van der Waals surface area contributed by atoms with E-state index in [0.717, 1.165) is 48.5 Å². The van der Waals surface area contributed by atoms with Gasteiger partial charge in [0.1, 0.15) is 17.4 Å². The highest BCUT2D eigenvalue weighted by molar-refractivity contribution is 5.86. The van der Waals surface area contributed by atoms with Gasteiger partial charge in [0.05, 0.1) is 11.7 Å². The van der Waals surface area contributed by atoms with Crippen molar-refractivity contribution in [1.82, 2.24) is 19.7 Å². The smallest absolute Gasteiger partial charge is 0.219 e. The van der Waals surface area contributed by atoms with Crippen LogP contribution in [0.3, 0.4) is 0 Å². The topological polar surface area (TPSA) is 77.3 Å². The number of aryl methyl sites for hydroxylation is 2. The third kappa shape index (κ3) is 5.13.